The number of aryl methyl sites for hydroxylation is 1. The molecule has 1 aliphatic heterocycles. The van der Waals surface area contributed by atoms with Crippen LogP contribution in [0.1, 0.15) is 26.2 Å². The lowest BCUT2D eigenvalue weighted by Crippen LogP contribution is -2.28. The van der Waals surface area contributed by atoms with Crippen molar-refractivity contribution in [2.75, 3.05) is 0 Å². The van der Waals surface area contributed by atoms with Gasteiger partial charge in [0.1, 0.15) is 18.4 Å². The van der Waals surface area contributed by atoms with Crippen LogP contribution in [-0.2, 0) is 7.05 Å². The predicted octanol–water partition coefficient (Wildman–Crippen LogP) is 1.16. The molecule has 1 atom stereocenters. The zero-order valence-corrected chi connectivity index (χ0v) is 6.86. The van der Waals surface area contributed by atoms with E-state index in [4.69, 9.17) is 0 Å². The van der Waals surface area contributed by atoms with Crippen LogP contribution in [-0.4, -0.2) is 13.0 Å². The van der Waals surface area contributed by atoms with E-state index < -0.39 is 0 Å². The van der Waals surface area contributed by atoms with Crippen LogP contribution in [0.4, 0.5) is 0 Å². The van der Waals surface area contributed by atoms with E-state index in [1.54, 1.807) is 0 Å². The van der Waals surface area contributed by atoms with E-state index >= 15 is 0 Å². The highest BCUT2D eigenvalue weighted by atomic mass is 15.2. The number of hydrogen-bond acceptors (Lipinski definition) is 0. The Morgan fingerprint density at radius 1 is 1.50 bits per heavy atom. The minimum atomic E-state index is 0. The Hall–Kier alpha value is -0.985. The molecule has 1 aliphatic rings. The first kappa shape index (κ1) is 11.0. The highest BCUT2D eigenvalue weighted by molar-refractivity contribution is 5.75. The van der Waals surface area contributed by atoms with Crippen LogP contribution in [0.3, 0.4) is 0 Å². The van der Waals surface area contributed by atoms with Gasteiger partial charge in [0, 0.05) is 14.5 Å². The number of fused-ring (bicyclic) bond motifs is 1. The van der Waals surface area contributed by atoms with Crippen LogP contribution in [0.15, 0.2) is 18.5 Å². The molecule has 0 aromatic carbocycles. The average Bonchev–Trinajstić information content (AvgIpc) is 2.41. The summed E-state index contributed by atoms with van der Waals surface area (Å²) in [6.45, 7) is 2.19. The lowest BCUT2D eigenvalue weighted by molar-refractivity contribution is -0.672. The van der Waals surface area contributed by atoms with Crippen molar-refractivity contribution in [1.82, 2.24) is 4.57 Å². The smallest absolute Gasteiger partial charge is 0.233 e. The number of imidazole rings is 1. The van der Waals surface area contributed by atoms with Crippen molar-refractivity contribution in [2.45, 2.75) is 20.4 Å². The number of rotatable bonds is 0. The average molecular weight is 162 g/mol. The number of allylic oxidation sites excluding steroid dienone is 1. The Morgan fingerprint density at radius 2 is 2.17 bits per heavy atom. The largest absolute Gasteiger partial charge is 0.281 e. The summed E-state index contributed by atoms with van der Waals surface area (Å²) in [5, 5.41) is 0. The third-order valence-electron chi connectivity index (χ3n) is 2.04. The van der Waals surface area contributed by atoms with Crippen molar-refractivity contribution in [3.63, 3.8) is 0 Å². The van der Waals surface area contributed by atoms with Crippen molar-refractivity contribution >= 4 is 14.5 Å². The highest BCUT2D eigenvalue weighted by Gasteiger charge is 2.20. The molecule has 1 unspecified atom stereocenters. The molecule has 0 saturated carbocycles. The first-order valence-corrected chi connectivity index (χ1v) is 3.54. The third kappa shape index (κ3) is 1.31. The molecule has 2 rings (SSSR count). The van der Waals surface area contributed by atoms with Gasteiger partial charge in [-0.3, -0.25) is 0 Å². The van der Waals surface area contributed by atoms with Crippen LogP contribution in [0.5, 0.6) is 0 Å². The van der Waals surface area contributed by atoms with Gasteiger partial charge in [-0.15, -0.1) is 0 Å². The molecule has 0 spiro atoms. The molecule has 0 bridgehead atoms. The van der Waals surface area contributed by atoms with Crippen LogP contribution < -0.4 is 4.57 Å². The van der Waals surface area contributed by atoms with Crippen LogP contribution in [0.2, 0.25) is 0 Å². The second-order valence-electron chi connectivity index (χ2n) is 2.77. The lowest BCUT2D eigenvalue weighted by atomic mass is 10.3. The van der Waals surface area contributed by atoms with Gasteiger partial charge in [-0.25, -0.2) is 9.13 Å². The van der Waals surface area contributed by atoms with Gasteiger partial charge in [0.25, 0.3) is 5.82 Å². The summed E-state index contributed by atoms with van der Waals surface area (Å²) >= 11 is 0. The summed E-state index contributed by atoms with van der Waals surface area (Å²) < 4.78 is 4.38. The number of aromatic nitrogens is 2. The van der Waals surface area contributed by atoms with E-state index in [0.29, 0.717) is 6.04 Å². The summed E-state index contributed by atoms with van der Waals surface area (Å²) in [7, 11) is 2.06. The van der Waals surface area contributed by atoms with Gasteiger partial charge in [0.05, 0.1) is 7.05 Å². The van der Waals surface area contributed by atoms with Gasteiger partial charge >= 0.3 is 0 Å². The molecule has 12 heavy (non-hydrogen) atoms. The molecule has 2 heterocycles. The van der Waals surface area contributed by atoms with E-state index in [0.717, 1.165) is 0 Å². The maximum atomic E-state index is 2.25. The molecule has 0 fully saturated rings. The van der Waals surface area contributed by atoms with Crippen molar-refractivity contribution in [3.05, 3.63) is 24.3 Å². The van der Waals surface area contributed by atoms with E-state index in [-0.39, 0.29) is 15.8 Å². The highest BCUT2D eigenvalue weighted by Crippen LogP contribution is 2.17. The van der Waals surface area contributed by atoms with Gasteiger partial charge in [-0.05, 0) is 13.0 Å². The van der Waals surface area contributed by atoms with Crippen molar-refractivity contribution in [2.24, 2.45) is 7.05 Å². The minimum absolute atomic E-state index is 0. The van der Waals surface area contributed by atoms with Crippen LogP contribution in [0.25, 0.3) is 6.08 Å². The van der Waals surface area contributed by atoms with Crippen molar-refractivity contribution in [1.29, 1.82) is 0 Å². The fourth-order valence-corrected chi connectivity index (χ4v) is 1.37. The fraction of sp³-hybridized carbons (Fsp3) is 0.444. The molecule has 1 aromatic rings. The van der Waals surface area contributed by atoms with Gasteiger partial charge in [0.15, 0.2) is 0 Å². The predicted molar refractivity (Wildman–Crippen MR) is 51.8 cm³/mol. The van der Waals surface area contributed by atoms with Gasteiger partial charge in [-0.1, -0.05) is 7.43 Å². The summed E-state index contributed by atoms with van der Waals surface area (Å²) in [4.78, 5) is 0. The second kappa shape index (κ2) is 3.61. The lowest BCUT2D eigenvalue weighted by Gasteiger charge is -1.94. The van der Waals surface area contributed by atoms with Crippen LogP contribution >= 0.6 is 0 Å². The number of hydrogen-bond donors (Lipinski definition) is 0. The van der Waals surface area contributed by atoms with Crippen molar-refractivity contribution < 1.29 is 4.57 Å². The van der Waals surface area contributed by atoms with E-state index in [1.165, 1.54) is 5.82 Å². The first-order valence-electron chi connectivity index (χ1n) is 3.54. The monoisotopic (exact) mass is 162 g/mol. The topological polar surface area (TPSA) is 8.81 Å². The maximum absolute atomic E-state index is 2.25. The fourth-order valence-electron chi connectivity index (χ4n) is 1.37. The molecule has 3 radical (unpaired) electrons. The summed E-state index contributed by atoms with van der Waals surface area (Å²) in [6, 6.07) is 0.538. The Morgan fingerprint density at radius 3 is 2.75 bits per heavy atom. The molecular weight excluding hydrogens is 147 g/mol. The molecule has 0 amide bonds. The van der Waals surface area contributed by atoms with Gasteiger partial charge in [-0.2, -0.15) is 0 Å². The molecule has 1 aromatic heterocycles. The Labute approximate surface area is 76.1 Å². The Balaban J connectivity index is 0.000000605. The molecule has 0 saturated heterocycles. The molecule has 0 N–H and O–H groups in total. The SMILES string of the molecule is C.CC1C=Cc2n1cc[n+]2C.[B]. The zero-order chi connectivity index (χ0) is 7.14. The second-order valence-corrected chi connectivity index (χ2v) is 2.77. The van der Waals surface area contributed by atoms with E-state index in [1.807, 2.05) is 0 Å². The van der Waals surface area contributed by atoms with Crippen molar-refractivity contribution in [3.8, 4) is 0 Å². The third-order valence-corrected chi connectivity index (χ3v) is 2.04. The first-order chi connectivity index (χ1) is 4.79. The summed E-state index contributed by atoms with van der Waals surface area (Å²) in [5.41, 5.74) is 0. The Bertz CT molecular complexity index is 289. The van der Waals surface area contributed by atoms with E-state index in [2.05, 4.69) is 47.7 Å². The minimum Gasteiger partial charge on any atom is -0.233 e. The Kier molecular flexibility index (Phi) is 3.31. The summed E-state index contributed by atoms with van der Waals surface area (Å²) in [5.74, 6) is 1.28. The van der Waals surface area contributed by atoms with E-state index in [9.17, 15) is 0 Å². The van der Waals surface area contributed by atoms with Crippen LogP contribution in [0, 0.1) is 0 Å². The molecule has 2 nitrogen and oxygen atoms in total. The maximum Gasteiger partial charge on any atom is 0.281 e. The normalized spacial score (nSPS) is 18.0. The van der Waals surface area contributed by atoms with Gasteiger partial charge in [0.2, 0.25) is 0 Å². The number of nitrogens with zero attached hydrogens (tertiary/aromatic N) is 2. The summed E-state index contributed by atoms with van der Waals surface area (Å²) in [6.07, 6.45) is 8.55. The molecule has 63 valence electrons. The van der Waals surface area contributed by atoms with Gasteiger partial charge < -0.3 is 0 Å². The molecular formula is C9H15BN2+. The zero-order valence-electron chi connectivity index (χ0n) is 6.86. The molecule has 3 heteroatoms. The standard InChI is InChI=1S/C8H11N2.CH4.B/c1-7-3-4-8-9(2)5-6-10(7)8;;/h3-7H,1-2H3;1H4;/q+1;;. The molecule has 0 aliphatic carbocycles. The quantitative estimate of drug-likeness (QED) is 0.399.